The lowest BCUT2D eigenvalue weighted by atomic mass is 9.87. The topological polar surface area (TPSA) is 62.5 Å². The maximum absolute atomic E-state index is 13.7. The molecule has 2 aliphatic heterocycles. The molecule has 1 saturated carbocycles. The fourth-order valence-corrected chi connectivity index (χ4v) is 6.75. The smallest absolute Gasteiger partial charge is 0.302 e. The maximum atomic E-state index is 13.7. The van der Waals surface area contributed by atoms with E-state index in [4.69, 9.17) is 0 Å². The third-order valence-electron chi connectivity index (χ3n) is 8.63. The molecule has 3 fully saturated rings. The van der Waals surface area contributed by atoms with E-state index in [1.165, 1.54) is 44.9 Å². The second-order valence-electron chi connectivity index (χ2n) is 11.0. The molecule has 2 saturated heterocycles. The summed E-state index contributed by atoms with van der Waals surface area (Å²) in [5.74, 6) is 0.588. The van der Waals surface area contributed by atoms with Gasteiger partial charge in [-0.1, -0.05) is 44.2 Å². The number of imidazole rings is 1. The number of nitrogens with one attached hydrogen (secondary N) is 1. The Morgan fingerprint density at radius 3 is 2.31 bits per heavy atom. The van der Waals surface area contributed by atoms with Crippen LogP contribution in [0.5, 0.6) is 0 Å². The Bertz CT molecular complexity index is 1050. The van der Waals surface area contributed by atoms with Crippen LogP contribution < -0.4 is 11.1 Å². The summed E-state index contributed by atoms with van der Waals surface area (Å²) < 4.78 is 3.80. The minimum Gasteiger partial charge on any atom is -0.302 e. The number of aromatic nitrogens is 2. The molecule has 192 valence electrons. The quantitative estimate of drug-likeness (QED) is 0.673. The SMILES string of the molecule is CCn1c(=O)n([C@H]2CCN(CC3CCCCCCC3)C[C@@H]2C(=O)NN2CCCC2)c2ccccc21. The molecule has 0 spiro atoms. The van der Waals surface area contributed by atoms with Crippen LogP contribution in [0.3, 0.4) is 0 Å². The molecule has 1 aromatic carbocycles. The van der Waals surface area contributed by atoms with Crippen LogP contribution in [0.15, 0.2) is 29.1 Å². The van der Waals surface area contributed by atoms with E-state index >= 15 is 0 Å². The summed E-state index contributed by atoms with van der Waals surface area (Å²) in [6.45, 7) is 7.27. The molecular weight excluding hydrogens is 438 g/mol. The Kier molecular flexibility index (Phi) is 7.93. The Labute approximate surface area is 209 Å². The molecule has 7 nitrogen and oxygen atoms in total. The van der Waals surface area contributed by atoms with E-state index in [0.717, 1.165) is 68.9 Å². The van der Waals surface area contributed by atoms with E-state index in [0.29, 0.717) is 6.54 Å². The van der Waals surface area contributed by atoms with E-state index in [9.17, 15) is 9.59 Å². The predicted molar refractivity (Wildman–Crippen MR) is 140 cm³/mol. The molecule has 1 amide bonds. The Hall–Kier alpha value is -2.12. The van der Waals surface area contributed by atoms with Gasteiger partial charge in [0.1, 0.15) is 0 Å². The van der Waals surface area contributed by atoms with Crippen molar-refractivity contribution in [2.24, 2.45) is 11.8 Å². The summed E-state index contributed by atoms with van der Waals surface area (Å²) in [5, 5.41) is 2.07. The van der Waals surface area contributed by atoms with Crippen molar-refractivity contribution < 1.29 is 4.79 Å². The highest BCUT2D eigenvalue weighted by molar-refractivity contribution is 5.80. The molecule has 0 radical (unpaired) electrons. The van der Waals surface area contributed by atoms with E-state index in [-0.39, 0.29) is 23.6 Å². The van der Waals surface area contributed by atoms with Gasteiger partial charge < -0.3 is 4.90 Å². The van der Waals surface area contributed by atoms with Gasteiger partial charge in [-0.2, -0.15) is 0 Å². The average molecular weight is 482 g/mol. The number of aryl methyl sites for hydroxylation is 1. The molecular formula is C28H43N5O2. The Morgan fingerprint density at radius 1 is 0.914 bits per heavy atom. The van der Waals surface area contributed by atoms with Gasteiger partial charge in [-0.3, -0.25) is 19.4 Å². The van der Waals surface area contributed by atoms with Crippen molar-refractivity contribution in [2.45, 2.75) is 83.7 Å². The van der Waals surface area contributed by atoms with Crippen LogP contribution in [-0.2, 0) is 11.3 Å². The molecule has 2 aromatic rings. The number of amides is 1. The molecule has 1 aliphatic carbocycles. The maximum Gasteiger partial charge on any atom is 0.329 e. The van der Waals surface area contributed by atoms with Crippen molar-refractivity contribution >= 4 is 16.9 Å². The summed E-state index contributed by atoms with van der Waals surface area (Å²) in [6, 6.07) is 7.95. The number of hydrogen-bond donors (Lipinski definition) is 1. The van der Waals surface area contributed by atoms with E-state index in [1.54, 1.807) is 0 Å². The molecule has 35 heavy (non-hydrogen) atoms. The number of carbonyl (C=O) groups is 1. The van der Waals surface area contributed by atoms with Gasteiger partial charge in [0.05, 0.1) is 23.0 Å². The van der Waals surface area contributed by atoms with E-state index in [1.807, 2.05) is 40.3 Å². The highest BCUT2D eigenvalue weighted by Crippen LogP contribution is 2.33. The molecule has 3 heterocycles. The van der Waals surface area contributed by atoms with Crippen molar-refractivity contribution in [3.05, 3.63) is 34.7 Å². The number of likely N-dealkylation sites (tertiary alicyclic amines) is 1. The second kappa shape index (κ2) is 11.3. The first-order chi connectivity index (χ1) is 17.2. The number of rotatable bonds is 6. The van der Waals surface area contributed by atoms with Crippen molar-refractivity contribution in [1.29, 1.82) is 0 Å². The van der Waals surface area contributed by atoms with Gasteiger partial charge in [0.15, 0.2) is 0 Å². The van der Waals surface area contributed by atoms with Gasteiger partial charge in [-0.05, 0) is 57.1 Å². The standard InChI is InChI=1S/C28H43N5O2/c1-2-32-25-14-8-9-15-26(25)33(28(32)35)24-16-19-30(20-22-12-6-4-3-5-7-13-22)21-23(24)27(34)29-31-17-10-11-18-31/h8-9,14-15,22-24H,2-7,10-13,16-21H2,1H3,(H,29,34)/t23-,24-/m0/s1. The third-order valence-corrected chi connectivity index (χ3v) is 8.63. The summed E-state index contributed by atoms with van der Waals surface area (Å²) >= 11 is 0. The monoisotopic (exact) mass is 481 g/mol. The van der Waals surface area contributed by atoms with Crippen LogP contribution in [0.1, 0.15) is 77.2 Å². The van der Waals surface area contributed by atoms with Crippen LogP contribution in [0.4, 0.5) is 0 Å². The molecule has 0 unspecified atom stereocenters. The molecule has 0 bridgehead atoms. The van der Waals surface area contributed by atoms with E-state index in [2.05, 4.69) is 15.3 Å². The number of para-hydroxylation sites is 2. The lowest BCUT2D eigenvalue weighted by Crippen LogP contribution is -2.53. The summed E-state index contributed by atoms with van der Waals surface area (Å²) in [5.41, 5.74) is 5.17. The Morgan fingerprint density at radius 2 is 1.60 bits per heavy atom. The minimum absolute atomic E-state index is 0.0196. The lowest BCUT2D eigenvalue weighted by molar-refractivity contribution is -0.133. The fraction of sp³-hybridized carbons (Fsp3) is 0.714. The number of hydrazine groups is 1. The minimum atomic E-state index is -0.230. The zero-order valence-electron chi connectivity index (χ0n) is 21.5. The predicted octanol–water partition coefficient (Wildman–Crippen LogP) is 4.17. The molecule has 2 atom stereocenters. The number of benzene rings is 1. The lowest BCUT2D eigenvalue weighted by Gasteiger charge is -2.40. The van der Waals surface area contributed by atoms with Crippen molar-refractivity contribution in [2.75, 3.05) is 32.7 Å². The molecule has 1 N–H and O–H groups in total. The first-order valence-electron chi connectivity index (χ1n) is 14.1. The number of fused-ring (bicyclic) bond motifs is 1. The van der Waals surface area contributed by atoms with Gasteiger partial charge >= 0.3 is 5.69 Å². The van der Waals surface area contributed by atoms with Crippen LogP contribution in [0.2, 0.25) is 0 Å². The van der Waals surface area contributed by atoms with Crippen LogP contribution in [-0.4, -0.2) is 57.7 Å². The van der Waals surface area contributed by atoms with Gasteiger partial charge in [0.2, 0.25) is 5.91 Å². The number of carbonyl (C=O) groups excluding carboxylic acids is 1. The zero-order chi connectivity index (χ0) is 24.2. The largest absolute Gasteiger partial charge is 0.329 e. The third kappa shape index (κ3) is 5.36. The number of hydrogen-bond acceptors (Lipinski definition) is 4. The fourth-order valence-electron chi connectivity index (χ4n) is 6.75. The zero-order valence-corrected chi connectivity index (χ0v) is 21.5. The van der Waals surface area contributed by atoms with Crippen molar-refractivity contribution in [1.82, 2.24) is 24.5 Å². The van der Waals surface area contributed by atoms with Gasteiger partial charge in [0.25, 0.3) is 0 Å². The van der Waals surface area contributed by atoms with Crippen molar-refractivity contribution in [3.8, 4) is 0 Å². The normalized spacial score (nSPS) is 25.5. The first kappa shape index (κ1) is 24.6. The summed E-state index contributed by atoms with van der Waals surface area (Å²) in [7, 11) is 0. The highest BCUT2D eigenvalue weighted by atomic mass is 16.2. The molecule has 1 aromatic heterocycles. The van der Waals surface area contributed by atoms with Crippen LogP contribution in [0, 0.1) is 11.8 Å². The van der Waals surface area contributed by atoms with Crippen LogP contribution >= 0.6 is 0 Å². The molecule has 5 rings (SSSR count). The van der Waals surface area contributed by atoms with Gasteiger partial charge in [0, 0.05) is 39.3 Å². The summed E-state index contributed by atoms with van der Waals surface area (Å²) in [6.07, 6.45) is 12.5. The van der Waals surface area contributed by atoms with Crippen LogP contribution in [0.25, 0.3) is 11.0 Å². The van der Waals surface area contributed by atoms with Crippen molar-refractivity contribution in [3.63, 3.8) is 0 Å². The van der Waals surface area contributed by atoms with Gasteiger partial charge in [-0.25, -0.2) is 9.80 Å². The second-order valence-corrected chi connectivity index (χ2v) is 11.0. The number of nitrogens with zero attached hydrogens (tertiary/aromatic N) is 4. The molecule has 3 aliphatic rings. The Balaban J connectivity index is 1.41. The van der Waals surface area contributed by atoms with Gasteiger partial charge in [-0.15, -0.1) is 0 Å². The first-order valence-corrected chi connectivity index (χ1v) is 14.1. The summed E-state index contributed by atoms with van der Waals surface area (Å²) in [4.78, 5) is 29.8. The number of piperidine rings is 1. The van der Waals surface area contributed by atoms with E-state index < -0.39 is 0 Å². The average Bonchev–Trinajstić information content (AvgIpc) is 3.45. The highest BCUT2D eigenvalue weighted by Gasteiger charge is 2.38. The molecule has 7 heteroatoms.